The maximum absolute atomic E-state index is 14.7. The van der Waals surface area contributed by atoms with Crippen LogP contribution in [0.25, 0.3) is 10.9 Å². The minimum absolute atomic E-state index is 0.0415. The number of halogens is 4. The molecule has 0 radical (unpaired) electrons. The first-order chi connectivity index (χ1) is 22.0. The summed E-state index contributed by atoms with van der Waals surface area (Å²) in [6.45, 7) is 1.61. The Bertz CT molecular complexity index is 1820. The second kappa shape index (κ2) is 12.5. The first-order valence-corrected chi connectivity index (χ1v) is 14.6. The summed E-state index contributed by atoms with van der Waals surface area (Å²) >= 11 is 0. The Labute approximate surface area is 259 Å². The highest BCUT2D eigenvalue weighted by atomic mass is 19.4. The number of amides is 3. The number of likely N-dealkylation sites (tertiary alicyclic amines) is 1. The fourth-order valence-corrected chi connectivity index (χ4v) is 5.84. The van der Waals surface area contributed by atoms with Gasteiger partial charge < -0.3 is 10.1 Å². The molecule has 3 aromatic heterocycles. The average Bonchev–Trinajstić information content (AvgIpc) is 3.45. The van der Waals surface area contributed by atoms with Gasteiger partial charge in [-0.05, 0) is 49.1 Å². The number of benzene rings is 1. The quantitative estimate of drug-likeness (QED) is 0.171. The third-order valence-corrected chi connectivity index (χ3v) is 8.26. The van der Waals surface area contributed by atoms with Crippen LogP contribution < -0.4 is 15.4 Å². The van der Waals surface area contributed by atoms with E-state index < -0.39 is 41.2 Å². The van der Waals surface area contributed by atoms with E-state index >= 15 is 0 Å². The van der Waals surface area contributed by atoms with Gasteiger partial charge in [0.05, 0.1) is 30.3 Å². The number of piperidine rings is 2. The molecule has 15 heteroatoms. The summed E-state index contributed by atoms with van der Waals surface area (Å²) in [4.78, 5) is 46.0. The van der Waals surface area contributed by atoms with E-state index in [0.717, 1.165) is 25.0 Å². The summed E-state index contributed by atoms with van der Waals surface area (Å²) in [6.07, 6.45) is 0.512. The zero-order valence-electron chi connectivity index (χ0n) is 24.6. The largest absolute Gasteiger partial charge is 0.494 e. The third kappa shape index (κ3) is 6.54. The molecular weight excluding hydrogens is 610 g/mol. The number of rotatable bonds is 7. The van der Waals surface area contributed by atoms with E-state index in [1.54, 1.807) is 18.2 Å². The zero-order chi connectivity index (χ0) is 32.6. The number of aromatic nitrogens is 4. The van der Waals surface area contributed by atoms with Gasteiger partial charge in [-0.1, -0.05) is 6.07 Å². The number of nitrogens with one attached hydrogen (secondary N) is 2. The zero-order valence-corrected chi connectivity index (χ0v) is 24.6. The number of carbonyl (C=O) groups excluding carboxylic acids is 3. The van der Waals surface area contributed by atoms with Crippen LogP contribution in [0.2, 0.25) is 0 Å². The summed E-state index contributed by atoms with van der Waals surface area (Å²) in [7, 11) is 1.41. The van der Waals surface area contributed by atoms with Gasteiger partial charge in [0, 0.05) is 55.5 Å². The highest BCUT2D eigenvalue weighted by molar-refractivity contribution is 6.05. The lowest BCUT2D eigenvalue weighted by molar-refractivity contribution is -0.141. The third-order valence-electron chi connectivity index (χ3n) is 8.26. The van der Waals surface area contributed by atoms with Crippen LogP contribution in [0.5, 0.6) is 5.75 Å². The minimum atomic E-state index is -4.69. The van der Waals surface area contributed by atoms with Gasteiger partial charge in [0.15, 0.2) is 0 Å². The van der Waals surface area contributed by atoms with Crippen molar-refractivity contribution in [2.75, 3.05) is 25.5 Å². The molecule has 2 aliphatic rings. The summed E-state index contributed by atoms with van der Waals surface area (Å²) in [5, 5.41) is 10.3. The molecule has 1 unspecified atom stereocenters. The van der Waals surface area contributed by atoms with Crippen molar-refractivity contribution in [3.63, 3.8) is 0 Å². The lowest BCUT2D eigenvalue weighted by Gasteiger charge is -2.32. The Hall–Kier alpha value is -4.92. The van der Waals surface area contributed by atoms with Crippen molar-refractivity contribution in [2.24, 2.45) is 0 Å². The van der Waals surface area contributed by atoms with Crippen LogP contribution in [-0.4, -0.2) is 62.6 Å². The molecule has 1 atom stereocenters. The number of alkyl halides is 3. The number of pyridine rings is 2. The van der Waals surface area contributed by atoms with Crippen LogP contribution in [0.3, 0.4) is 0 Å². The summed E-state index contributed by atoms with van der Waals surface area (Å²) in [5.41, 5.74) is 0.260. The van der Waals surface area contributed by atoms with Crippen molar-refractivity contribution < 1.29 is 36.7 Å². The SMILES string of the molecule is COc1cc2nn(C3CCN(Cc4cc(C5CCC(=O)NC5=O)cnc4F)CC3)cc2cc1NC(=O)c1cccc(C(F)(F)F)n1. The molecule has 0 spiro atoms. The highest BCUT2D eigenvalue weighted by Gasteiger charge is 2.33. The second-order valence-electron chi connectivity index (χ2n) is 11.3. The topological polar surface area (TPSA) is 131 Å². The van der Waals surface area contributed by atoms with Crippen molar-refractivity contribution in [1.82, 2.24) is 30.0 Å². The van der Waals surface area contributed by atoms with Crippen LogP contribution in [0.4, 0.5) is 23.2 Å². The number of ether oxygens (including phenoxy) is 1. The van der Waals surface area contributed by atoms with Crippen LogP contribution in [0, 0.1) is 5.95 Å². The smallest absolute Gasteiger partial charge is 0.433 e. The van der Waals surface area contributed by atoms with Crippen LogP contribution in [-0.2, 0) is 22.3 Å². The summed E-state index contributed by atoms with van der Waals surface area (Å²) in [5.74, 6) is -2.41. The highest BCUT2D eigenvalue weighted by Crippen LogP contribution is 2.33. The minimum Gasteiger partial charge on any atom is -0.494 e. The molecule has 4 aromatic rings. The van der Waals surface area contributed by atoms with E-state index in [-0.39, 0.29) is 29.8 Å². The van der Waals surface area contributed by atoms with Gasteiger partial charge in [0.2, 0.25) is 17.8 Å². The van der Waals surface area contributed by atoms with E-state index in [0.29, 0.717) is 48.1 Å². The van der Waals surface area contributed by atoms with Gasteiger partial charge >= 0.3 is 6.18 Å². The van der Waals surface area contributed by atoms with Crippen molar-refractivity contribution in [1.29, 1.82) is 0 Å². The first kappa shape index (κ1) is 31.1. The number of imide groups is 1. The predicted octanol–water partition coefficient (Wildman–Crippen LogP) is 4.60. The van der Waals surface area contributed by atoms with Crippen LogP contribution in [0.1, 0.15) is 65.0 Å². The molecule has 0 saturated carbocycles. The Morgan fingerprint density at radius 3 is 2.63 bits per heavy atom. The molecule has 3 amide bonds. The maximum Gasteiger partial charge on any atom is 0.433 e. The Morgan fingerprint density at radius 2 is 1.91 bits per heavy atom. The lowest BCUT2D eigenvalue weighted by Crippen LogP contribution is -2.39. The molecule has 5 heterocycles. The molecule has 2 fully saturated rings. The number of hydrogen-bond donors (Lipinski definition) is 2. The molecule has 6 rings (SSSR count). The predicted molar refractivity (Wildman–Crippen MR) is 156 cm³/mol. The monoisotopic (exact) mass is 639 g/mol. The molecule has 1 aromatic carbocycles. The summed E-state index contributed by atoms with van der Waals surface area (Å²) < 4.78 is 61.1. The van der Waals surface area contributed by atoms with E-state index in [1.807, 2.05) is 10.9 Å². The lowest BCUT2D eigenvalue weighted by atomic mass is 9.91. The number of carbonyl (C=O) groups is 3. The molecule has 2 aliphatic heterocycles. The first-order valence-electron chi connectivity index (χ1n) is 14.6. The molecule has 46 heavy (non-hydrogen) atoms. The molecule has 0 aliphatic carbocycles. The Kier molecular flexibility index (Phi) is 8.42. The van der Waals surface area contributed by atoms with E-state index in [9.17, 15) is 31.9 Å². The van der Waals surface area contributed by atoms with Gasteiger partial charge in [-0.15, -0.1) is 0 Å². The van der Waals surface area contributed by atoms with Crippen LogP contribution in [0.15, 0.2) is 48.8 Å². The molecule has 11 nitrogen and oxygen atoms in total. The van der Waals surface area contributed by atoms with Gasteiger partial charge in [-0.2, -0.15) is 22.7 Å². The molecule has 240 valence electrons. The summed E-state index contributed by atoms with van der Waals surface area (Å²) in [6, 6.07) is 8.08. The Balaban J connectivity index is 1.12. The van der Waals surface area contributed by atoms with Crippen molar-refractivity contribution >= 4 is 34.3 Å². The fourth-order valence-electron chi connectivity index (χ4n) is 5.84. The van der Waals surface area contributed by atoms with Gasteiger partial charge in [-0.3, -0.25) is 29.3 Å². The molecule has 0 bridgehead atoms. The Morgan fingerprint density at radius 1 is 1.13 bits per heavy atom. The van der Waals surface area contributed by atoms with E-state index in [4.69, 9.17) is 9.84 Å². The number of methoxy groups -OCH3 is 1. The van der Waals surface area contributed by atoms with Gasteiger partial charge in [0.1, 0.15) is 17.1 Å². The van der Waals surface area contributed by atoms with Crippen molar-refractivity contribution in [3.8, 4) is 5.75 Å². The standard InChI is InChI=1S/C31H29F4N7O4/c1-46-25-13-23-18(12-24(25)38-30(45)22-3-2-4-26(37-22)31(33,34)35)16-42(40-23)20-7-9-41(10-8-20)15-19-11-17(14-36-28(19)32)21-5-6-27(43)39-29(21)44/h2-4,11-14,16,20-21H,5-10,15H2,1H3,(H,38,45)(H,39,43,44). The second-order valence-corrected chi connectivity index (χ2v) is 11.3. The van der Waals surface area contributed by atoms with E-state index in [1.165, 1.54) is 19.4 Å². The van der Waals surface area contributed by atoms with Crippen LogP contribution >= 0.6 is 0 Å². The number of hydrogen-bond acceptors (Lipinski definition) is 8. The van der Waals surface area contributed by atoms with E-state index in [2.05, 4.69) is 25.5 Å². The van der Waals surface area contributed by atoms with Crippen molar-refractivity contribution in [3.05, 3.63) is 77.3 Å². The number of fused-ring (bicyclic) bond motifs is 1. The average molecular weight is 640 g/mol. The maximum atomic E-state index is 14.7. The van der Waals surface area contributed by atoms with Gasteiger partial charge in [-0.25, -0.2) is 9.97 Å². The molecule has 2 saturated heterocycles. The molecule has 2 N–H and O–H groups in total. The number of nitrogens with zero attached hydrogens (tertiary/aromatic N) is 5. The molecular formula is C31H29F4N7O4. The van der Waals surface area contributed by atoms with Gasteiger partial charge in [0.25, 0.3) is 5.91 Å². The number of anilines is 1. The van der Waals surface area contributed by atoms with Crippen molar-refractivity contribution in [2.45, 2.75) is 50.4 Å². The fraction of sp³-hybridized carbons (Fsp3) is 0.355. The normalized spacial score (nSPS) is 18.1.